The Bertz CT molecular complexity index is 666. The number of hydrogen-bond acceptors (Lipinski definition) is 6. The number of hydrogen-bond donors (Lipinski definition) is 1. The van der Waals surface area contributed by atoms with Crippen molar-refractivity contribution in [3.8, 4) is 0 Å². The van der Waals surface area contributed by atoms with Crippen LogP contribution in [0.3, 0.4) is 0 Å². The number of nitrogens with zero attached hydrogens (tertiary/aromatic N) is 3. The van der Waals surface area contributed by atoms with Gasteiger partial charge in [0.15, 0.2) is 0 Å². The maximum absolute atomic E-state index is 12.7. The Morgan fingerprint density at radius 3 is 2.33 bits per heavy atom. The van der Waals surface area contributed by atoms with Crippen LogP contribution >= 0.6 is 0 Å². The Labute approximate surface area is 144 Å². The van der Waals surface area contributed by atoms with Crippen LogP contribution in [-0.2, 0) is 14.8 Å². The van der Waals surface area contributed by atoms with Crippen LogP contribution in [0.25, 0.3) is 0 Å². The van der Waals surface area contributed by atoms with Gasteiger partial charge in [0.05, 0.1) is 29.5 Å². The number of ether oxygens (including phenoxy) is 1. The van der Waals surface area contributed by atoms with Crippen molar-refractivity contribution in [3.05, 3.63) is 18.2 Å². The Kier molecular flexibility index (Phi) is 5.29. The standard InChI is InChI=1S/C16H26N4O3S/c1-2-18-5-7-19(8-6-18)16-4-3-14(13-15(16)17)24(21,22)20-9-11-23-12-10-20/h3-4,13H,2,5-12,17H2,1H3. The fourth-order valence-corrected chi connectivity index (χ4v) is 4.67. The van der Waals surface area contributed by atoms with E-state index < -0.39 is 10.0 Å². The largest absolute Gasteiger partial charge is 0.397 e. The van der Waals surface area contributed by atoms with E-state index in [0.717, 1.165) is 38.4 Å². The summed E-state index contributed by atoms with van der Waals surface area (Å²) in [5.41, 5.74) is 7.63. The van der Waals surface area contributed by atoms with Crippen LogP contribution in [-0.4, -0.2) is 76.6 Å². The van der Waals surface area contributed by atoms with E-state index in [1.165, 1.54) is 4.31 Å². The number of likely N-dealkylation sites (N-methyl/N-ethyl adjacent to an activating group) is 1. The first-order valence-electron chi connectivity index (χ1n) is 8.47. The van der Waals surface area contributed by atoms with Gasteiger partial charge in [0.2, 0.25) is 10.0 Å². The number of piperazine rings is 1. The van der Waals surface area contributed by atoms with Crippen molar-refractivity contribution in [2.75, 3.05) is 69.7 Å². The molecular weight excluding hydrogens is 328 g/mol. The number of morpholine rings is 1. The van der Waals surface area contributed by atoms with Crippen LogP contribution in [0.5, 0.6) is 0 Å². The highest BCUT2D eigenvalue weighted by Gasteiger charge is 2.27. The maximum atomic E-state index is 12.7. The predicted molar refractivity (Wildman–Crippen MR) is 94.8 cm³/mol. The summed E-state index contributed by atoms with van der Waals surface area (Å²) in [4.78, 5) is 4.88. The lowest BCUT2D eigenvalue weighted by atomic mass is 10.2. The molecule has 2 aliphatic rings. The van der Waals surface area contributed by atoms with Gasteiger partial charge in [-0.1, -0.05) is 6.92 Å². The summed E-state index contributed by atoms with van der Waals surface area (Å²) in [5.74, 6) is 0. The van der Waals surface area contributed by atoms with Crippen LogP contribution in [0.2, 0.25) is 0 Å². The Hall–Kier alpha value is -1.35. The second-order valence-electron chi connectivity index (χ2n) is 6.16. The molecule has 0 spiro atoms. The van der Waals surface area contributed by atoms with E-state index in [1.54, 1.807) is 12.1 Å². The Balaban J connectivity index is 1.77. The van der Waals surface area contributed by atoms with Gasteiger partial charge < -0.3 is 20.3 Å². The van der Waals surface area contributed by atoms with Crippen molar-refractivity contribution in [2.45, 2.75) is 11.8 Å². The first kappa shape index (κ1) is 17.5. The quantitative estimate of drug-likeness (QED) is 0.790. The zero-order chi connectivity index (χ0) is 17.2. The lowest BCUT2D eigenvalue weighted by molar-refractivity contribution is 0.0730. The molecule has 3 rings (SSSR count). The number of sulfonamides is 1. The van der Waals surface area contributed by atoms with Gasteiger partial charge in [-0.25, -0.2) is 8.42 Å². The third kappa shape index (κ3) is 3.51. The normalized spacial score (nSPS) is 21.1. The van der Waals surface area contributed by atoms with Crippen molar-refractivity contribution >= 4 is 21.4 Å². The number of rotatable bonds is 4. The van der Waals surface area contributed by atoms with Gasteiger partial charge >= 0.3 is 0 Å². The van der Waals surface area contributed by atoms with E-state index in [0.29, 0.717) is 32.0 Å². The van der Waals surface area contributed by atoms with E-state index in [-0.39, 0.29) is 4.90 Å². The zero-order valence-electron chi connectivity index (χ0n) is 14.1. The highest BCUT2D eigenvalue weighted by Crippen LogP contribution is 2.28. The average Bonchev–Trinajstić information content (AvgIpc) is 2.62. The molecule has 8 heteroatoms. The molecule has 0 radical (unpaired) electrons. The number of benzene rings is 1. The molecule has 0 atom stereocenters. The van der Waals surface area contributed by atoms with E-state index in [1.807, 2.05) is 6.07 Å². The van der Waals surface area contributed by atoms with E-state index >= 15 is 0 Å². The van der Waals surface area contributed by atoms with Crippen LogP contribution in [0.15, 0.2) is 23.1 Å². The molecule has 24 heavy (non-hydrogen) atoms. The van der Waals surface area contributed by atoms with Crippen LogP contribution < -0.4 is 10.6 Å². The molecule has 0 unspecified atom stereocenters. The lowest BCUT2D eigenvalue weighted by Gasteiger charge is -2.36. The molecule has 0 amide bonds. The number of nitrogens with two attached hydrogens (primary N) is 1. The minimum atomic E-state index is -3.50. The van der Waals surface area contributed by atoms with Crippen molar-refractivity contribution in [2.24, 2.45) is 0 Å². The molecule has 2 N–H and O–H groups in total. The second-order valence-corrected chi connectivity index (χ2v) is 8.10. The van der Waals surface area contributed by atoms with Gasteiger partial charge in [0.1, 0.15) is 0 Å². The first-order valence-corrected chi connectivity index (χ1v) is 9.91. The molecule has 0 bridgehead atoms. The predicted octanol–water partition coefficient (Wildman–Crippen LogP) is 0.432. The molecule has 0 saturated carbocycles. The molecule has 0 aliphatic carbocycles. The van der Waals surface area contributed by atoms with Crippen LogP contribution in [0.1, 0.15) is 6.92 Å². The summed E-state index contributed by atoms with van der Waals surface area (Å²) >= 11 is 0. The topological polar surface area (TPSA) is 79.1 Å². The van der Waals surface area contributed by atoms with Gasteiger partial charge in [-0.3, -0.25) is 0 Å². The summed E-state index contributed by atoms with van der Waals surface area (Å²) in [6.07, 6.45) is 0. The summed E-state index contributed by atoms with van der Waals surface area (Å²) < 4.78 is 32.1. The Morgan fingerprint density at radius 1 is 1.08 bits per heavy atom. The highest BCUT2D eigenvalue weighted by molar-refractivity contribution is 7.89. The average molecular weight is 354 g/mol. The smallest absolute Gasteiger partial charge is 0.243 e. The van der Waals surface area contributed by atoms with E-state index in [4.69, 9.17) is 10.5 Å². The maximum Gasteiger partial charge on any atom is 0.243 e. The highest BCUT2D eigenvalue weighted by atomic mass is 32.2. The van der Waals surface area contributed by atoms with E-state index in [9.17, 15) is 8.42 Å². The number of anilines is 2. The Morgan fingerprint density at radius 2 is 1.75 bits per heavy atom. The molecule has 1 aromatic carbocycles. The molecule has 7 nitrogen and oxygen atoms in total. The summed E-state index contributed by atoms with van der Waals surface area (Å²) in [7, 11) is -3.50. The molecule has 134 valence electrons. The zero-order valence-corrected chi connectivity index (χ0v) is 15.0. The minimum absolute atomic E-state index is 0.262. The van der Waals surface area contributed by atoms with Gasteiger partial charge in [-0.2, -0.15) is 4.31 Å². The monoisotopic (exact) mass is 354 g/mol. The van der Waals surface area contributed by atoms with Crippen molar-refractivity contribution in [3.63, 3.8) is 0 Å². The van der Waals surface area contributed by atoms with Crippen molar-refractivity contribution in [1.82, 2.24) is 9.21 Å². The second kappa shape index (κ2) is 7.26. The summed E-state index contributed by atoms with van der Waals surface area (Å²) in [5, 5.41) is 0. The van der Waals surface area contributed by atoms with E-state index in [2.05, 4.69) is 16.7 Å². The lowest BCUT2D eigenvalue weighted by Crippen LogP contribution is -2.46. The first-order chi connectivity index (χ1) is 11.5. The van der Waals surface area contributed by atoms with Crippen molar-refractivity contribution < 1.29 is 13.2 Å². The third-order valence-corrected chi connectivity index (χ3v) is 6.66. The van der Waals surface area contributed by atoms with Crippen molar-refractivity contribution in [1.29, 1.82) is 0 Å². The fraction of sp³-hybridized carbons (Fsp3) is 0.625. The molecule has 0 aromatic heterocycles. The molecule has 1 aromatic rings. The molecule has 2 heterocycles. The minimum Gasteiger partial charge on any atom is -0.397 e. The molecule has 2 fully saturated rings. The third-order valence-electron chi connectivity index (χ3n) is 4.77. The number of nitrogen functional groups attached to an aromatic ring is 1. The van der Waals surface area contributed by atoms with Crippen LogP contribution in [0, 0.1) is 0 Å². The summed E-state index contributed by atoms with van der Waals surface area (Å²) in [6.45, 7) is 8.71. The van der Waals surface area contributed by atoms with Gasteiger partial charge in [-0.15, -0.1) is 0 Å². The van der Waals surface area contributed by atoms with Gasteiger partial charge in [0.25, 0.3) is 0 Å². The fourth-order valence-electron chi connectivity index (χ4n) is 3.22. The SMILES string of the molecule is CCN1CCN(c2ccc(S(=O)(=O)N3CCOCC3)cc2N)CC1. The van der Waals surface area contributed by atoms with Gasteiger partial charge in [-0.05, 0) is 24.7 Å². The molecule has 2 aliphatic heterocycles. The molecular formula is C16H26N4O3S. The van der Waals surface area contributed by atoms with Gasteiger partial charge in [0, 0.05) is 39.3 Å². The molecule has 2 saturated heterocycles. The van der Waals surface area contributed by atoms with Crippen LogP contribution in [0.4, 0.5) is 11.4 Å². The summed E-state index contributed by atoms with van der Waals surface area (Å²) in [6, 6.07) is 5.10.